The van der Waals surface area contributed by atoms with Gasteiger partial charge in [-0.2, -0.15) is 9.78 Å². The Kier molecular flexibility index (Phi) is 3.00. The third kappa shape index (κ3) is 2.04. The molecule has 0 aliphatic heterocycles. The maximum absolute atomic E-state index is 10.8. The van der Waals surface area contributed by atoms with Gasteiger partial charge in [0.1, 0.15) is 5.69 Å². The van der Waals surface area contributed by atoms with E-state index in [1.54, 1.807) is 19.9 Å². The second-order valence-corrected chi connectivity index (χ2v) is 4.20. The highest BCUT2D eigenvalue weighted by Gasteiger charge is 2.25. The van der Waals surface area contributed by atoms with Gasteiger partial charge in [-0.15, -0.1) is 0 Å². The molecule has 2 aromatic rings. The van der Waals surface area contributed by atoms with Crippen LogP contribution in [0.3, 0.4) is 0 Å². The van der Waals surface area contributed by atoms with Crippen LogP contribution in [0.15, 0.2) is 6.07 Å². The molecule has 0 bridgehead atoms. The number of nitrogens with zero attached hydrogens (tertiary/aromatic N) is 5. The molecular weight excluding hydrogens is 258 g/mol. The van der Waals surface area contributed by atoms with Crippen molar-refractivity contribution < 1.29 is 4.92 Å². The lowest BCUT2D eigenvalue weighted by molar-refractivity contribution is -0.385. The maximum Gasteiger partial charge on any atom is 0.329 e. The molecule has 0 aromatic carbocycles. The second-order valence-electron chi connectivity index (χ2n) is 3.84. The predicted molar refractivity (Wildman–Crippen MR) is 65.0 cm³/mol. The van der Waals surface area contributed by atoms with E-state index in [0.717, 1.165) is 11.4 Å². The molecule has 0 unspecified atom stereocenters. The summed E-state index contributed by atoms with van der Waals surface area (Å²) in [6, 6.07) is 1.79. The first-order chi connectivity index (χ1) is 8.40. The van der Waals surface area contributed by atoms with Gasteiger partial charge in [0.15, 0.2) is 0 Å². The van der Waals surface area contributed by atoms with E-state index in [1.165, 1.54) is 11.6 Å². The number of hydrogen-bond donors (Lipinski definition) is 0. The molecule has 0 amide bonds. The third-order valence-corrected chi connectivity index (χ3v) is 2.66. The summed E-state index contributed by atoms with van der Waals surface area (Å²) in [4.78, 5) is 18.6. The minimum atomic E-state index is -0.566. The Morgan fingerprint density at radius 2 is 1.83 bits per heavy atom. The molecule has 0 aliphatic carbocycles. The molecule has 2 aromatic heterocycles. The fraction of sp³-hybridized carbons (Fsp3) is 0.300. The van der Waals surface area contributed by atoms with Crippen LogP contribution in [0, 0.1) is 30.9 Å². The summed E-state index contributed by atoms with van der Waals surface area (Å²) >= 11 is 5.94. The number of rotatable bonds is 2. The van der Waals surface area contributed by atoms with Gasteiger partial charge in [0.05, 0.1) is 4.92 Å². The summed E-state index contributed by atoms with van der Waals surface area (Å²) in [7, 11) is 0. The molecule has 7 nitrogen and oxygen atoms in total. The highest BCUT2D eigenvalue weighted by molar-refractivity contribution is 6.31. The van der Waals surface area contributed by atoms with Crippen LogP contribution >= 0.6 is 11.6 Å². The van der Waals surface area contributed by atoms with Gasteiger partial charge < -0.3 is 0 Å². The zero-order valence-electron chi connectivity index (χ0n) is 10.0. The van der Waals surface area contributed by atoms with Crippen LogP contribution in [-0.4, -0.2) is 24.7 Å². The van der Waals surface area contributed by atoms with E-state index in [0.29, 0.717) is 0 Å². The van der Waals surface area contributed by atoms with Gasteiger partial charge in [-0.05, 0) is 26.8 Å². The first-order valence-electron chi connectivity index (χ1n) is 5.12. The Hall–Kier alpha value is -2.02. The summed E-state index contributed by atoms with van der Waals surface area (Å²) in [5, 5.41) is 14.8. The van der Waals surface area contributed by atoms with Gasteiger partial charge in [0.2, 0.25) is 5.15 Å². The van der Waals surface area contributed by atoms with Gasteiger partial charge in [-0.1, -0.05) is 11.6 Å². The van der Waals surface area contributed by atoms with Crippen LogP contribution < -0.4 is 0 Å². The highest BCUT2D eigenvalue weighted by atomic mass is 35.5. The summed E-state index contributed by atoms with van der Waals surface area (Å²) < 4.78 is 1.18. The normalized spacial score (nSPS) is 10.7. The van der Waals surface area contributed by atoms with Crippen LogP contribution in [0.4, 0.5) is 5.69 Å². The van der Waals surface area contributed by atoms with Crippen molar-refractivity contribution in [1.82, 2.24) is 19.7 Å². The van der Waals surface area contributed by atoms with Crippen LogP contribution in [-0.2, 0) is 0 Å². The number of aryl methyl sites for hydroxylation is 3. The van der Waals surface area contributed by atoms with E-state index < -0.39 is 4.92 Å². The predicted octanol–water partition coefficient (Wildman–Crippen LogP) is 2.15. The average Bonchev–Trinajstić information content (AvgIpc) is 2.52. The molecule has 94 valence electrons. The Labute approximate surface area is 108 Å². The zero-order valence-corrected chi connectivity index (χ0v) is 10.8. The molecule has 0 N–H and O–H groups in total. The van der Waals surface area contributed by atoms with Crippen molar-refractivity contribution in [2.24, 2.45) is 0 Å². The van der Waals surface area contributed by atoms with Crippen molar-refractivity contribution in [3.63, 3.8) is 0 Å². The first-order valence-corrected chi connectivity index (χ1v) is 5.50. The van der Waals surface area contributed by atoms with Gasteiger partial charge in [-0.25, -0.2) is 9.97 Å². The van der Waals surface area contributed by atoms with E-state index in [4.69, 9.17) is 11.6 Å². The number of halogens is 1. The monoisotopic (exact) mass is 267 g/mol. The molecule has 0 fully saturated rings. The lowest BCUT2D eigenvalue weighted by Gasteiger charge is -2.02. The Morgan fingerprint density at radius 3 is 2.28 bits per heavy atom. The number of hydrogen-bond acceptors (Lipinski definition) is 5. The Bertz CT molecular complexity index is 617. The maximum atomic E-state index is 10.8. The fourth-order valence-electron chi connectivity index (χ4n) is 1.63. The van der Waals surface area contributed by atoms with E-state index in [-0.39, 0.29) is 22.5 Å². The van der Waals surface area contributed by atoms with Crippen molar-refractivity contribution in [3.8, 4) is 5.95 Å². The SMILES string of the molecule is Cc1cc(C)nc(-n2nc(C)c([N+](=O)[O-])c2Cl)n1. The largest absolute Gasteiger partial charge is 0.329 e. The van der Waals surface area contributed by atoms with Gasteiger partial charge in [0.25, 0.3) is 5.95 Å². The van der Waals surface area contributed by atoms with Gasteiger partial charge in [-0.3, -0.25) is 10.1 Å². The quantitative estimate of drug-likeness (QED) is 0.614. The number of nitro groups is 1. The standard InChI is InChI=1S/C10H10ClN5O2/c1-5-4-6(2)13-10(12-5)15-9(11)8(16(17)18)7(3)14-15/h4H,1-3H3. The van der Waals surface area contributed by atoms with E-state index in [2.05, 4.69) is 15.1 Å². The molecule has 0 saturated carbocycles. The molecular formula is C10H10ClN5O2. The van der Waals surface area contributed by atoms with Crippen molar-refractivity contribution >= 4 is 17.3 Å². The third-order valence-electron chi connectivity index (χ3n) is 2.32. The lowest BCUT2D eigenvalue weighted by Crippen LogP contribution is -2.05. The zero-order chi connectivity index (χ0) is 13.4. The van der Waals surface area contributed by atoms with Crippen LogP contribution in [0.2, 0.25) is 5.15 Å². The summed E-state index contributed by atoms with van der Waals surface area (Å²) in [6.45, 7) is 5.12. The number of aromatic nitrogens is 4. The minimum absolute atomic E-state index is 0.0949. The smallest absolute Gasteiger partial charge is 0.258 e. The summed E-state index contributed by atoms with van der Waals surface area (Å²) in [5.41, 5.74) is 1.49. The molecule has 2 heterocycles. The minimum Gasteiger partial charge on any atom is -0.258 e. The Balaban J connectivity index is 2.65. The molecule has 0 saturated heterocycles. The molecule has 0 spiro atoms. The van der Waals surface area contributed by atoms with Crippen molar-refractivity contribution in [2.45, 2.75) is 20.8 Å². The van der Waals surface area contributed by atoms with Crippen LogP contribution in [0.1, 0.15) is 17.1 Å². The molecule has 0 radical (unpaired) electrons. The summed E-state index contributed by atoms with van der Waals surface area (Å²) in [5.74, 6) is 0.230. The highest BCUT2D eigenvalue weighted by Crippen LogP contribution is 2.29. The van der Waals surface area contributed by atoms with Crippen molar-refractivity contribution in [2.75, 3.05) is 0 Å². The lowest BCUT2D eigenvalue weighted by atomic mass is 10.4. The Morgan fingerprint density at radius 1 is 1.28 bits per heavy atom. The van der Waals surface area contributed by atoms with Crippen LogP contribution in [0.25, 0.3) is 5.95 Å². The molecule has 0 atom stereocenters. The van der Waals surface area contributed by atoms with Crippen molar-refractivity contribution in [1.29, 1.82) is 0 Å². The molecule has 0 aliphatic rings. The fourth-order valence-corrected chi connectivity index (χ4v) is 1.95. The topological polar surface area (TPSA) is 86.7 Å². The van der Waals surface area contributed by atoms with Gasteiger partial charge in [0, 0.05) is 11.4 Å². The van der Waals surface area contributed by atoms with E-state index in [9.17, 15) is 10.1 Å². The summed E-state index contributed by atoms with van der Waals surface area (Å²) in [6.07, 6.45) is 0. The molecule has 2 rings (SSSR count). The average molecular weight is 268 g/mol. The van der Waals surface area contributed by atoms with Gasteiger partial charge >= 0.3 is 5.69 Å². The van der Waals surface area contributed by atoms with E-state index in [1.807, 2.05) is 0 Å². The van der Waals surface area contributed by atoms with Crippen LogP contribution in [0.5, 0.6) is 0 Å². The van der Waals surface area contributed by atoms with E-state index >= 15 is 0 Å². The first kappa shape index (κ1) is 12.4. The molecule has 8 heteroatoms. The molecule has 18 heavy (non-hydrogen) atoms. The van der Waals surface area contributed by atoms with Crippen molar-refractivity contribution in [3.05, 3.63) is 38.4 Å². The second kappa shape index (κ2) is 4.34.